The Morgan fingerprint density at radius 2 is 2.00 bits per heavy atom. The SMILES string of the molecule is CCCNC(=O)NC(=O)CN1CCCCC1(C)C(=O)O. The van der Waals surface area contributed by atoms with Crippen molar-refractivity contribution >= 4 is 17.9 Å². The Morgan fingerprint density at radius 1 is 1.30 bits per heavy atom. The molecule has 0 aromatic carbocycles. The number of nitrogens with zero attached hydrogens (tertiary/aromatic N) is 1. The van der Waals surface area contributed by atoms with Crippen molar-refractivity contribution in [3.8, 4) is 0 Å². The number of carboxylic acids is 1. The summed E-state index contributed by atoms with van der Waals surface area (Å²) in [5, 5.41) is 14.1. The molecule has 1 fully saturated rings. The van der Waals surface area contributed by atoms with E-state index in [1.54, 1.807) is 11.8 Å². The lowest BCUT2D eigenvalue weighted by molar-refractivity contribution is -0.153. The minimum Gasteiger partial charge on any atom is -0.480 e. The third-order valence-corrected chi connectivity index (χ3v) is 3.62. The molecule has 7 nitrogen and oxygen atoms in total. The fourth-order valence-corrected chi connectivity index (χ4v) is 2.29. The van der Waals surface area contributed by atoms with Gasteiger partial charge < -0.3 is 10.4 Å². The Balaban J connectivity index is 2.54. The van der Waals surface area contributed by atoms with Crippen molar-refractivity contribution in [1.29, 1.82) is 0 Å². The van der Waals surface area contributed by atoms with Gasteiger partial charge in [-0.2, -0.15) is 0 Å². The summed E-state index contributed by atoms with van der Waals surface area (Å²) in [5.74, 6) is -1.41. The molecular formula is C13H23N3O4. The molecular weight excluding hydrogens is 262 g/mol. The largest absolute Gasteiger partial charge is 0.480 e. The molecule has 0 radical (unpaired) electrons. The molecule has 1 atom stereocenters. The third kappa shape index (κ3) is 4.19. The summed E-state index contributed by atoms with van der Waals surface area (Å²) < 4.78 is 0. The smallest absolute Gasteiger partial charge is 0.323 e. The van der Waals surface area contributed by atoms with Crippen LogP contribution >= 0.6 is 0 Å². The van der Waals surface area contributed by atoms with E-state index in [4.69, 9.17) is 0 Å². The highest BCUT2D eigenvalue weighted by molar-refractivity contribution is 5.95. The normalized spacial score (nSPS) is 23.1. The molecule has 1 rings (SSSR count). The number of nitrogens with one attached hydrogen (secondary N) is 2. The van der Waals surface area contributed by atoms with Crippen LogP contribution in [0.15, 0.2) is 0 Å². The highest BCUT2D eigenvalue weighted by Gasteiger charge is 2.41. The first-order valence-corrected chi connectivity index (χ1v) is 6.96. The standard InChI is InChI=1S/C13H23N3O4/c1-3-7-14-12(20)15-10(17)9-16-8-5-4-6-13(16,2)11(18)19/h3-9H2,1-2H3,(H,18,19)(H2,14,15,17,20). The maximum atomic E-state index is 11.8. The van der Waals surface area contributed by atoms with E-state index in [1.807, 2.05) is 6.92 Å². The molecule has 0 aliphatic carbocycles. The topological polar surface area (TPSA) is 98.7 Å². The summed E-state index contributed by atoms with van der Waals surface area (Å²) >= 11 is 0. The molecule has 0 aromatic heterocycles. The van der Waals surface area contributed by atoms with Crippen LogP contribution in [-0.2, 0) is 9.59 Å². The van der Waals surface area contributed by atoms with Crippen molar-refractivity contribution in [3.63, 3.8) is 0 Å². The number of aliphatic carboxylic acids is 1. The minimum absolute atomic E-state index is 0.0810. The van der Waals surface area contributed by atoms with Crippen LogP contribution in [0.4, 0.5) is 4.79 Å². The second kappa shape index (κ2) is 7.23. The number of carbonyl (C=O) groups excluding carboxylic acids is 2. The molecule has 7 heteroatoms. The van der Waals surface area contributed by atoms with Crippen LogP contribution in [0.2, 0.25) is 0 Å². The fourth-order valence-electron chi connectivity index (χ4n) is 2.29. The lowest BCUT2D eigenvalue weighted by Crippen LogP contribution is -2.58. The Morgan fingerprint density at radius 3 is 2.60 bits per heavy atom. The third-order valence-electron chi connectivity index (χ3n) is 3.62. The van der Waals surface area contributed by atoms with E-state index >= 15 is 0 Å². The van der Waals surface area contributed by atoms with Gasteiger partial charge in [0.15, 0.2) is 0 Å². The number of imide groups is 1. The van der Waals surface area contributed by atoms with Gasteiger partial charge in [-0.25, -0.2) is 4.79 Å². The zero-order valence-electron chi connectivity index (χ0n) is 12.1. The number of urea groups is 1. The summed E-state index contributed by atoms with van der Waals surface area (Å²) in [6.07, 6.45) is 2.98. The summed E-state index contributed by atoms with van der Waals surface area (Å²) in [5.41, 5.74) is -1.03. The Labute approximate surface area is 118 Å². The number of piperidine rings is 1. The molecule has 0 aromatic rings. The first-order valence-electron chi connectivity index (χ1n) is 6.96. The van der Waals surface area contributed by atoms with Crippen molar-refractivity contribution in [1.82, 2.24) is 15.5 Å². The van der Waals surface area contributed by atoms with Gasteiger partial charge in [-0.05, 0) is 39.2 Å². The van der Waals surface area contributed by atoms with E-state index in [9.17, 15) is 19.5 Å². The Bertz CT molecular complexity index is 386. The number of hydrogen-bond acceptors (Lipinski definition) is 4. The molecule has 1 unspecified atom stereocenters. The number of amides is 3. The minimum atomic E-state index is -1.03. The van der Waals surface area contributed by atoms with E-state index < -0.39 is 23.4 Å². The Kier molecular flexibility index (Phi) is 5.94. The van der Waals surface area contributed by atoms with Crippen LogP contribution in [0.3, 0.4) is 0 Å². The molecule has 0 spiro atoms. The molecule has 0 bridgehead atoms. The predicted molar refractivity (Wildman–Crippen MR) is 73.3 cm³/mol. The first-order chi connectivity index (χ1) is 9.40. The molecule has 1 aliphatic heterocycles. The van der Waals surface area contributed by atoms with Crippen LogP contribution in [0.5, 0.6) is 0 Å². The average molecular weight is 285 g/mol. The number of likely N-dealkylation sites (tertiary alicyclic amines) is 1. The van der Waals surface area contributed by atoms with E-state index in [1.165, 1.54) is 0 Å². The van der Waals surface area contributed by atoms with Crippen molar-refractivity contribution in [2.45, 2.75) is 45.1 Å². The van der Waals surface area contributed by atoms with Crippen LogP contribution in [-0.4, -0.2) is 53.1 Å². The highest BCUT2D eigenvalue weighted by Crippen LogP contribution is 2.27. The second-order valence-electron chi connectivity index (χ2n) is 5.26. The zero-order valence-corrected chi connectivity index (χ0v) is 12.1. The Hall–Kier alpha value is -1.63. The van der Waals surface area contributed by atoms with Crippen LogP contribution in [0.25, 0.3) is 0 Å². The summed E-state index contributed by atoms with van der Waals surface area (Å²) in [6, 6.07) is -0.536. The van der Waals surface area contributed by atoms with Crippen LogP contribution in [0, 0.1) is 0 Å². The molecule has 1 saturated heterocycles. The van der Waals surface area contributed by atoms with Gasteiger partial charge in [0.1, 0.15) is 5.54 Å². The van der Waals surface area contributed by atoms with Gasteiger partial charge in [-0.3, -0.25) is 19.8 Å². The first kappa shape index (κ1) is 16.4. The van der Waals surface area contributed by atoms with E-state index in [-0.39, 0.29) is 6.54 Å². The average Bonchev–Trinajstić information content (AvgIpc) is 2.38. The van der Waals surface area contributed by atoms with Crippen LogP contribution < -0.4 is 10.6 Å². The van der Waals surface area contributed by atoms with Gasteiger partial charge in [0.25, 0.3) is 0 Å². The molecule has 0 saturated carbocycles. The van der Waals surface area contributed by atoms with Gasteiger partial charge >= 0.3 is 12.0 Å². The molecule has 20 heavy (non-hydrogen) atoms. The number of rotatable bonds is 5. The quantitative estimate of drug-likeness (QED) is 0.685. The van der Waals surface area contributed by atoms with Crippen molar-refractivity contribution in [2.75, 3.05) is 19.6 Å². The van der Waals surface area contributed by atoms with Crippen molar-refractivity contribution in [2.24, 2.45) is 0 Å². The predicted octanol–water partition coefficient (Wildman–Crippen LogP) is 0.551. The lowest BCUT2D eigenvalue weighted by Gasteiger charge is -2.41. The van der Waals surface area contributed by atoms with Crippen molar-refractivity contribution in [3.05, 3.63) is 0 Å². The van der Waals surface area contributed by atoms with E-state index in [0.29, 0.717) is 19.5 Å². The molecule has 114 valence electrons. The summed E-state index contributed by atoms with van der Waals surface area (Å²) in [4.78, 5) is 36.2. The van der Waals surface area contributed by atoms with Crippen molar-refractivity contribution < 1.29 is 19.5 Å². The molecule has 1 aliphatic rings. The van der Waals surface area contributed by atoms with Gasteiger partial charge in [0, 0.05) is 6.54 Å². The lowest BCUT2D eigenvalue weighted by atomic mass is 9.88. The van der Waals surface area contributed by atoms with E-state index in [2.05, 4.69) is 10.6 Å². The van der Waals surface area contributed by atoms with Gasteiger partial charge in [-0.1, -0.05) is 6.92 Å². The number of hydrogen-bond donors (Lipinski definition) is 3. The fraction of sp³-hybridized carbons (Fsp3) is 0.769. The number of carboxylic acid groups (broad SMARTS) is 1. The van der Waals surface area contributed by atoms with Gasteiger partial charge in [0.2, 0.25) is 5.91 Å². The van der Waals surface area contributed by atoms with E-state index in [0.717, 1.165) is 19.3 Å². The molecule has 3 N–H and O–H groups in total. The summed E-state index contributed by atoms with van der Waals surface area (Å²) in [7, 11) is 0. The van der Waals surface area contributed by atoms with Gasteiger partial charge in [-0.15, -0.1) is 0 Å². The van der Waals surface area contributed by atoms with Gasteiger partial charge in [0.05, 0.1) is 6.54 Å². The maximum absolute atomic E-state index is 11.8. The molecule has 1 heterocycles. The van der Waals surface area contributed by atoms with Crippen LogP contribution in [0.1, 0.15) is 39.5 Å². The monoisotopic (exact) mass is 285 g/mol. The zero-order chi connectivity index (χ0) is 15.2. The number of carbonyl (C=O) groups is 3. The summed E-state index contributed by atoms with van der Waals surface area (Å²) in [6.45, 7) is 4.50. The maximum Gasteiger partial charge on any atom is 0.323 e. The second-order valence-corrected chi connectivity index (χ2v) is 5.26. The molecule has 3 amide bonds. The highest BCUT2D eigenvalue weighted by atomic mass is 16.4.